The Kier molecular flexibility index (Phi) is 7.53. The highest BCUT2D eigenvalue weighted by Gasteiger charge is 2.06. The molecule has 7 nitrogen and oxygen atoms in total. The highest BCUT2D eigenvalue weighted by molar-refractivity contribution is 7.71. The van der Waals surface area contributed by atoms with Crippen LogP contribution >= 0.6 is 12.2 Å². The van der Waals surface area contributed by atoms with Crippen molar-refractivity contribution in [3.05, 3.63) is 44.6 Å². The maximum atomic E-state index is 12.1. The van der Waals surface area contributed by atoms with Crippen molar-refractivity contribution in [3.8, 4) is 11.5 Å². The van der Waals surface area contributed by atoms with E-state index in [1.165, 1.54) is 0 Å². The summed E-state index contributed by atoms with van der Waals surface area (Å²) in [6.07, 6.45) is 4.84. The van der Waals surface area contributed by atoms with Crippen LogP contribution < -0.4 is 15.0 Å². The second-order valence-electron chi connectivity index (χ2n) is 5.67. The van der Waals surface area contributed by atoms with Crippen LogP contribution in [0.4, 0.5) is 0 Å². The average Bonchev–Trinajstić information content (AvgIpc) is 2.63. The number of aromatic nitrogens is 3. The van der Waals surface area contributed by atoms with Gasteiger partial charge in [0, 0.05) is 0 Å². The van der Waals surface area contributed by atoms with Crippen molar-refractivity contribution in [2.24, 2.45) is 5.10 Å². The summed E-state index contributed by atoms with van der Waals surface area (Å²) in [5.74, 6) is 1.35. The maximum Gasteiger partial charge on any atom is 0.296 e. The molecule has 0 saturated carbocycles. The van der Waals surface area contributed by atoms with Crippen LogP contribution in [0, 0.1) is 11.7 Å². The van der Waals surface area contributed by atoms with Gasteiger partial charge < -0.3 is 9.47 Å². The van der Waals surface area contributed by atoms with Crippen LogP contribution in [0.15, 0.2) is 28.1 Å². The van der Waals surface area contributed by atoms with Crippen LogP contribution in [0.3, 0.4) is 0 Å². The molecule has 1 heterocycles. The van der Waals surface area contributed by atoms with Gasteiger partial charge in [0.05, 0.1) is 19.4 Å². The van der Waals surface area contributed by atoms with Crippen molar-refractivity contribution >= 4 is 18.4 Å². The lowest BCUT2D eigenvalue weighted by Crippen LogP contribution is -2.22. The van der Waals surface area contributed by atoms with E-state index in [2.05, 4.69) is 22.2 Å². The molecular weight excluding hydrogens is 352 g/mol. The van der Waals surface area contributed by atoms with Gasteiger partial charge in [-0.25, -0.2) is 0 Å². The molecule has 0 aliphatic carbocycles. The molecule has 0 aliphatic rings. The summed E-state index contributed by atoms with van der Waals surface area (Å²) in [4.78, 5) is 12.1. The lowest BCUT2D eigenvalue weighted by atomic mass is 10.2. The molecule has 8 heteroatoms. The Morgan fingerprint density at radius 1 is 1.27 bits per heavy atom. The van der Waals surface area contributed by atoms with E-state index >= 15 is 0 Å². The molecule has 1 aromatic heterocycles. The van der Waals surface area contributed by atoms with Crippen molar-refractivity contribution in [3.63, 3.8) is 0 Å². The largest absolute Gasteiger partial charge is 0.490 e. The van der Waals surface area contributed by atoms with E-state index in [0.717, 1.165) is 29.5 Å². The van der Waals surface area contributed by atoms with Crippen molar-refractivity contribution in [1.29, 1.82) is 0 Å². The molecule has 2 rings (SSSR count). The quantitative estimate of drug-likeness (QED) is 0.412. The zero-order chi connectivity index (χ0) is 18.9. The summed E-state index contributed by atoms with van der Waals surface area (Å²) in [6, 6.07) is 5.53. The number of ether oxygens (including phenoxy) is 2. The van der Waals surface area contributed by atoms with Crippen LogP contribution in [0.2, 0.25) is 0 Å². The molecule has 26 heavy (non-hydrogen) atoms. The van der Waals surface area contributed by atoms with E-state index in [1.54, 1.807) is 13.1 Å². The molecule has 0 atom stereocenters. The molecule has 0 aliphatic heterocycles. The second kappa shape index (κ2) is 9.86. The smallest absolute Gasteiger partial charge is 0.296 e. The number of benzene rings is 1. The Bertz CT molecular complexity index is 873. The van der Waals surface area contributed by atoms with Gasteiger partial charge in [-0.05, 0) is 56.2 Å². The summed E-state index contributed by atoms with van der Waals surface area (Å²) >= 11 is 5.06. The van der Waals surface area contributed by atoms with Gasteiger partial charge in [0.15, 0.2) is 11.5 Å². The molecule has 140 valence electrons. The van der Waals surface area contributed by atoms with E-state index in [4.69, 9.17) is 21.7 Å². The molecule has 1 aromatic carbocycles. The van der Waals surface area contributed by atoms with Crippen molar-refractivity contribution < 1.29 is 9.47 Å². The van der Waals surface area contributed by atoms with E-state index in [9.17, 15) is 4.79 Å². The average molecular weight is 376 g/mol. The molecule has 0 spiro atoms. The minimum atomic E-state index is -0.356. The Hall–Kier alpha value is -2.48. The van der Waals surface area contributed by atoms with E-state index in [1.807, 2.05) is 25.1 Å². The van der Waals surface area contributed by atoms with Crippen molar-refractivity contribution in [2.75, 3.05) is 13.2 Å². The number of aromatic amines is 1. The molecule has 0 fully saturated rings. The molecular formula is C18H24N4O3S. The van der Waals surface area contributed by atoms with Crippen LogP contribution in [0.25, 0.3) is 0 Å². The van der Waals surface area contributed by atoms with Crippen LogP contribution in [0.1, 0.15) is 44.4 Å². The number of hydrogen-bond acceptors (Lipinski definition) is 6. The lowest BCUT2D eigenvalue weighted by Gasteiger charge is -2.12. The molecule has 0 saturated heterocycles. The molecule has 0 radical (unpaired) electrons. The normalized spacial score (nSPS) is 11.0. The summed E-state index contributed by atoms with van der Waals surface area (Å²) in [6.45, 7) is 6.85. The van der Waals surface area contributed by atoms with Gasteiger partial charge in [0.25, 0.3) is 5.56 Å². The first-order valence-corrected chi connectivity index (χ1v) is 9.10. The first-order chi connectivity index (χ1) is 12.6. The minimum Gasteiger partial charge on any atom is -0.490 e. The van der Waals surface area contributed by atoms with Crippen LogP contribution in [-0.4, -0.2) is 34.3 Å². The molecule has 0 bridgehead atoms. The minimum absolute atomic E-state index is 0.137. The van der Waals surface area contributed by atoms with Gasteiger partial charge in [-0.1, -0.05) is 19.8 Å². The van der Waals surface area contributed by atoms with E-state index < -0.39 is 0 Å². The summed E-state index contributed by atoms with van der Waals surface area (Å²) in [7, 11) is 0. The molecule has 0 unspecified atom stereocenters. The number of aryl methyl sites for hydroxylation is 1. The van der Waals surface area contributed by atoms with Crippen LogP contribution in [-0.2, 0) is 0 Å². The Labute approximate surface area is 157 Å². The zero-order valence-corrected chi connectivity index (χ0v) is 16.1. The predicted molar refractivity (Wildman–Crippen MR) is 104 cm³/mol. The Morgan fingerprint density at radius 2 is 2.08 bits per heavy atom. The van der Waals surface area contributed by atoms with E-state index in [-0.39, 0.29) is 10.3 Å². The zero-order valence-electron chi connectivity index (χ0n) is 15.3. The van der Waals surface area contributed by atoms with Crippen molar-refractivity contribution in [1.82, 2.24) is 14.9 Å². The fourth-order valence-corrected chi connectivity index (χ4v) is 2.40. The van der Waals surface area contributed by atoms with Gasteiger partial charge in [-0.3, -0.25) is 9.89 Å². The first-order valence-electron chi connectivity index (χ1n) is 8.69. The number of unbranched alkanes of at least 4 members (excludes halogenated alkanes) is 2. The highest BCUT2D eigenvalue weighted by atomic mass is 32.1. The summed E-state index contributed by atoms with van der Waals surface area (Å²) < 4.78 is 12.7. The molecule has 2 aromatic rings. The Morgan fingerprint density at radius 3 is 2.81 bits per heavy atom. The fourth-order valence-electron chi connectivity index (χ4n) is 2.23. The first kappa shape index (κ1) is 19.8. The number of hydrogen-bond donors (Lipinski definition) is 1. The van der Waals surface area contributed by atoms with Gasteiger partial charge in [0.2, 0.25) is 4.77 Å². The second-order valence-corrected chi connectivity index (χ2v) is 6.06. The fraction of sp³-hybridized carbons (Fsp3) is 0.444. The monoisotopic (exact) mass is 376 g/mol. The van der Waals surface area contributed by atoms with Crippen LogP contribution in [0.5, 0.6) is 11.5 Å². The number of nitrogens with zero attached hydrogens (tertiary/aromatic N) is 3. The Balaban J connectivity index is 2.22. The van der Waals surface area contributed by atoms with E-state index in [0.29, 0.717) is 30.4 Å². The maximum absolute atomic E-state index is 12.1. The lowest BCUT2D eigenvalue weighted by molar-refractivity contribution is 0.271. The SMILES string of the molecule is CCCCCOc1ccc(/C=N\n2c(=S)[nH]nc(C)c2=O)cc1OCC. The third-order valence-corrected chi connectivity index (χ3v) is 3.87. The third-order valence-electron chi connectivity index (χ3n) is 3.61. The van der Waals surface area contributed by atoms with Gasteiger partial charge in [-0.2, -0.15) is 14.9 Å². The third kappa shape index (κ3) is 5.26. The summed E-state index contributed by atoms with van der Waals surface area (Å²) in [5, 5.41) is 10.6. The topological polar surface area (TPSA) is 81.5 Å². The van der Waals surface area contributed by atoms with Gasteiger partial charge >= 0.3 is 0 Å². The number of rotatable bonds is 9. The van der Waals surface area contributed by atoms with Gasteiger partial charge in [-0.15, -0.1) is 0 Å². The molecule has 1 N–H and O–H groups in total. The molecule has 0 amide bonds. The number of H-pyrrole nitrogens is 1. The highest BCUT2D eigenvalue weighted by Crippen LogP contribution is 2.28. The van der Waals surface area contributed by atoms with Gasteiger partial charge in [0.1, 0.15) is 5.69 Å². The van der Waals surface area contributed by atoms with Crippen molar-refractivity contribution in [2.45, 2.75) is 40.0 Å². The number of nitrogens with one attached hydrogen (secondary N) is 1. The summed E-state index contributed by atoms with van der Waals surface area (Å²) in [5.41, 5.74) is 0.706. The standard InChI is InChI=1S/C18H24N4O3S/c1-4-6-7-10-25-15-9-8-14(11-16(15)24-5-2)12-19-22-17(23)13(3)20-21-18(22)26/h8-9,11-12H,4-7,10H2,1-3H3,(H,21,26)/b19-12-. The predicted octanol–water partition coefficient (Wildman–Crippen LogP) is 3.46.